The molecule has 0 radical (unpaired) electrons. The Labute approximate surface area is 76.9 Å². The van der Waals surface area contributed by atoms with Crippen LogP contribution in [0.15, 0.2) is 30.3 Å². The molecule has 2 rings (SSSR count). The minimum atomic E-state index is -0.804. The molecule has 0 saturated carbocycles. The van der Waals surface area contributed by atoms with Gasteiger partial charge in [0.25, 0.3) is 0 Å². The number of carbonyl (C=O) groups excluding carboxylic acids is 1. The molecule has 0 unspecified atom stereocenters. The second kappa shape index (κ2) is 2.85. The molecule has 3 heteroatoms. The summed E-state index contributed by atoms with van der Waals surface area (Å²) in [5.74, 6) is -0.0706. The molecule has 13 heavy (non-hydrogen) atoms. The fourth-order valence-electron chi connectivity index (χ4n) is 1.66. The Morgan fingerprint density at radius 1 is 1.31 bits per heavy atom. The number of amides is 1. The Kier molecular flexibility index (Phi) is 1.81. The molecule has 1 aliphatic heterocycles. The quantitative estimate of drug-likeness (QED) is 0.649. The summed E-state index contributed by atoms with van der Waals surface area (Å²) in [6.07, 6.45) is 0.676. The minimum Gasteiger partial charge on any atom is -0.354 e. The summed E-state index contributed by atoms with van der Waals surface area (Å²) in [5, 5.41) is 2.74. The third-order valence-corrected chi connectivity index (χ3v) is 2.50. The average molecular weight is 176 g/mol. The molecule has 1 heterocycles. The highest BCUT2D eigenvalue weighted by atomic mass is 16.2. The number of nitrogens with one attached hydrogen (secondary N) is 1. The highest BCUT2D eigenvalue weighted by Gasteiger charge is 2.39. The van der Waals surface area contributed by atoms with Gasteiger partial charge in [-0.3, -0.25) is 4.79 Å². The molecule has 1 saturated heterocycles. The Hall–Kier alpha value is -1.35. The zero-order valence-corrected chi connectivity index (χ0v) is 7.29. The number of benzene rings is 1. The summed E-state index contributed by atoms with van der Waals surface area (Å²) in [6.45, 7) is 0.671. The molecule has 3 nitrogen and oxygen atoms in total. The predicted octanol–water partition coefficient (Wildman–Crippen LogP) is 0.360. The Bertz CT molecular complexity index is 323. The van der Waals surface area contributed by atoms with E-state index < -0.39 is 5.54 Å². The number of carbonyl (C=O) groups is 1. The van der Waals surface area contributed by atoms with Crippen molar-refractivity contribution in [2.24, 2.45) is 5.73 Å². The Morgan fingerprint density at radius 3 is 2.54 bits per heavy atom. The molecular formula is C10H12N2O. The van der Waals surface area contributed by atoms with Crippen molar-refractivity contribution in [3.05, 3.63) is 35.9 Å². The summed E-state index contributed by atoms with van der Waals surface area (Å²) in [7, 11) is 0. The van der Waals surface area contributed by atoms with Crippen LogP contribution in [-0.4, -0.2) is 12.5 Å². The first kappa shape index (κ1) is 8.26. The van der Waals surface area contributed by atoms with Crippen LogP contribution in [0.1, 0.15) is 12.0 Å². The summed E-state index contributed by atoms with van der Waals surface area (Å²) in [4.78, 5) is 11.5. The molecule has 0 aromatic heterocycles. The van der Waals surface area contributed by atoms with E-state index in [1.807, 2.05) is 30.3 Å². The molecule has 1 amide bonds. The monoisotopic (exact) mass is 176 g/mol. The normalized spacial score (nSPS) is 27.3. The van der Waals surface area contributed by atoms with Gasteiger partial charge in [0.05, 0.1) is 0 Å². The van der Waals surface area contributed by atoms with Crippen molar-refractivity contribution >= 4 is 5.91 Å². The van der Waals surface area contributed by atoms with Crippen LogP contribution >= 0.6 is 0 Å². The highest BCUT2D eigenvalue weighted by Crippen LogP contribution is 2.25. The fraction of sp³-hybridized carbons (Fsp3) is 0.300. The van der Waals surface area contributed by atoms with Crippen molar-refractivity contribution in [3.63, 3.8) is 0 Å². The molecule has 1 atom stereocenters. The van der Waals surface area contributed by atoms with E-state index in [1.54, 1.807) is 0 Å². The van der Waals surface area contributed by atoms with Crippen LogP contribution in [0, 0.1) is 0 Å². The Balaban J connectivity index is 2.40. The standard InChI is InChI=1S/C10H12N2O/c11-10(6-7-12-9(10)13)8-4-2-1-3-5-8/h1-5H,6-7,11H2,(H,12,13)/t10-/m1/s1. The zero-order chi connectivity index (χ0) is 9.31. The van der Waals surface area contributed by atoms with Gasteiger partial charge in [-0.1, -0.05) is 30.3 Å². The van der Waals surface area contributed by atoms with Gasteiger partial charge in [-0.2, -0.15) is 0 Å². The lowest BCUT2D eigenvalue weighted by molar-refractivity contribution is -0.123. The van der Waals surface area contributed by atoms with E-state index in [4.69, 9.17) is 5.73 Å². The van der Waals surface area contributed by atoms with E-state index in [1.165, 1.54) is 0 Å². The van der Waals surface area contributed by atoms with Gasteiger partial charge in [0, 0.05) is 6.54 Å². The molecule has 0 spiro atoms. The first-order valence-corrected chi connectivity index (χ1v) is 4.36. The van der Waals surface area contributed by atoms with Crippen LogP contribution in [0.3, 0.4) is 0 Å². The van der Waals surface area contributed by atoms with Crippen molar-refractivity contribution < 1.29 is 4.79 Å². The molecule has 1 fully saturated rings. The third-order valence-electron chi connectivity index (χ3n) is 2.50. The number of hydrogen-bond acceptors (Lipinski definition) is 2. The average Bonchev–Trinajstić information content (AvgIpc) is 2.50. The zero-order valence-electron chi connectivity index (χ0n) is 7.29. The maximum atomic E-state index is 11.5. The van der Waals surface area contributed by atoms with E-state index >= 15 is 0 Å². The van der Waals surface area contributed by atoms with Crippen LogP contribution in [0.2, 0.25) is 0 Å². The summed E-state index contributed by atoms with van der Waals surface area (Å²) in [6, 6.07) is 9.50. The smallest absolute Gasteiger partial charge is 0.244 e. The lowest BCUT2D eigenvalue weighted by Gasteiger charge is -2.20. The maximum Gasteiger partial charge on any atom is 0.244 e. The van der Waals surface area contributed by atoms with Crippen LogP contribution < -0.4 is 11.1 Å². The van der Waals surface area contributed by atoms with Gasteiger partial charge in [0.2, 0.25) is 5.91 Å². The number of rotatable bonds is 1. The number of nitrogens with two attached hydrogens (primary N) is 1. The third kappa shape index (κ3) is 1.21. The molecule has 1 aliphatic rings. The molecule has 0 aliphatic carbocycles. The first-order chi connectivity index (χ1) is 6.23. The molecular weight excluding hydrogens is 164 g/mol. The molecule has 0 bridgehead atoms. The topological polar surface area (TPSA) is 55.1 Å². The molecule has 3 N–H and O–H groups in total. The summed E-state index contributed by atoms with van der Waals surface area (Å²) < 4.78 is 0. The van der Waals surface area contributed by atoms with Gasteiger partial charge in [0.15, 0.2) is 0 Å². The van der Waals surface area contributed by atoms with Crippen molar-refractivity contribution in [2.45, 2.75) is 12.0 Å². The first-order valence-electron chi connectivity index (χ1n) is 4.36. The summed E-state index contributed by atoms with van der Waals surface area (Å²) in [5.41, 5.74) is 6.10. The second-order valence-electron chi connectivity index (χ2n) is 3.34. The lowest BCUT2D eigenvalue weighted by atomic mass is 9.90. The highest BCUT2D eigenvalue weighted by molar-refractivity contribution is 5.89. The van der Waals surface area contributed by atoms with E-state index in [9.17, 15) is 4.79 Å². The van der Waals surface area contributed by atoms with Gasteiger partial charge < -0.3 is 11.1 Å². The Morgan fingerprint density at radius 2 is 2.00 bits per heavy atom. The molecule has 68 valence electrons. The second-order valence-corrected chi connectivity index (χ2v) is 3.34. The van der Waals surface area contributed by atoms with Gasteiger partial charge in [0.1, 0.15) is 5.54 Å². The van der Waals surface area contributed by atoms with Crippen LogP contribution in [0.4, 0.5) is 0 Å². The van der Waals surface area contributed by atoms with Gasteiger partial charge >= 0.3 is 0 Å². The van der Waals surface area contributed by atoms with E-state index in [2.05, 4.69) is 5.32 Å². The fourth-order valence-corrected chi connectivity index (χ4v) is 1.66. The minimum absolute atomic E-state index is 0.0706. The lowest BCUT2D eigenvalue weighted by Crippen LogP contribution is -2.43. The largest absolute Gasteiger partial charge is 0.354 e. The van der Waals surface area contributed by atoms with Crippen molar-refractivity contribution in [1.82, 2.24) is 5.32 Å². The van der Waals surface area contributed by atoms with Crippen LogP contribution in [0.25, 0.3) is 0 Å². The SMILES string of the molecule is N[C@@]1(c2ccccc2)CCNC1=O. The van der Waals surface area contributed by atoms with Gasteiger partial charge in [-0.15, -0.1) is 0 Å². The van der Waals surface area contributed by atoms with E-state index in [0.717, 1.165) is 5.56 Å². The van der Waals surface area contributed by atoms with Crippen molar-refractivity contribution in [3.8, 4) is 0 Å². The predicted molar refractivity (Wildman–Crippen MR) is 49.9 cm³/mol. The summed E-state index contributed by atoms with van der Waals surface area (Å²) >= 11 is 0. The van der Waals surface area contributed by atoms with Crippen molar-refractivity contribution in [1.29, 1.82) is 0 Å². The molecule has 1 aromatic carbocycles. The van der Waals surface area contributed by atoms with Crippen LogP contribution in [0.5, 0.6) is 0 Å². The van der Waals surface area contributed by atoms with E-state index in [-0.39, 0.29) is 5.91 Å². The number of hydrogen-bond donors (Lipinski definition) is 2. The van der Waals surface area contributed by atoms with E-state index in [0.29, 0.717) is 13.0 Å². The van der Waals surface area contributed by atoms with Gasteiger partial charge in [-0.05, 0) is 12.0 Å². The maximum absolute atomic E-state index is 11.5. The van der Waals surface area contributed by atoms with Crippen LogP contribution in [-0.2, 0) is 10.3 Å². The van der Waals surface area contributed by atoms with Gasteiger partial charge in [-0.25, -0.2) is 0 Å². The molecule has 1 aromatic rings. The van der Waals surface area contributed by atoms with Crippen molar-refractivity contribution in [2.75, 3.05) is 6.54 Å².